The smallest absolute Gasteiger partial charge is 0.306 e. The van der Waals surface area contributed by atoms with E-state index in [-0.39, 0.29) is 13.2 Å². The Morgan fingerprint density at radius 1 is 1.42 bits per heavy atom. The number of hydrogen-bond donors (Lipinski definition) is 1. The van der Waals surface area contributed by atoms with E-state index >= 15 is 0 Å². The Labute approximate surface area is 111 Å². The summed E-state index contributed by atoms with van der Waals surface area (Å²) in [5.41, 5.74) is -0.467. The molecule has 19 heavy (non-hydrogen) atoms. The molecule has 1 aliphatic heterocycles. The summed E-state index contributed by atoms with van der Waals surface area (Å²) in [6.07, 6.45) is 0.259. The molecule has 1 aliphatic rings. The Kier molecular flexibility index (Phi) is 3.39. The van der Waals surface area contributed by atoms with Crippen LogP contribution in [-0.4, -0.2) is 17.9 Å². The molecule has 1 aromatic rings. The molecule has 104 valence electrons. The van der Waals surface area contributed by atoms with Crippen LogP contribution in [0.25, 0.3) is 0 Å². The van der Waals surface area contributed by atoms with Crippen LogP contribution in [0.15, 0.2) is 12.1 Å². The van der Waals surface area contributed by atoms with Crippen LogP contribution in [0.4, 0.5) is 4.39 Å². The average Bonchev–Trinajstić information content (AvgIpc) is 2.73. The zero-order chi connectivity index (χ0) is 14.2. The maximum atomic E-state index is 14.3. The quantitative estimate of drug-likeness (QED) is 0.912. The van der Waals surface area contributed by atoms with Crippen LogP contribution in [0, 0.1) is 5.92 Å². The normalized spacial score (nSPS) is 15.4. The van der Waals surface area contributed by atoms with Crippen molar-refractivity contribution in [3.63, 3.8) is 0 Å². The van der Waals surface area contributed by atoms with Crippen molar-refractivity contribution in [2.45, 2.75) is 32.9 Å². The fourth-order valence-electron chi connectivity index (χ4n) is 2.12. The first-order chi connectivity index (χ1) is 8.79. The second-order valence-electron chi connectivity index (χ2n) is 5.28. The van der Waals surface area contributed by atoms with E-state index in [1.807, 2.05) is 0 Å². The Morgan fingerprint density at radius 2 is 2.00 bits per heavy atom. The molecule has 0 radical (unpaired) electrons. The standard InChI is InChI=1S/C14H17FO4/c1-8(13(16)17)4-9-5-11-12(19-7-18-11)6-10(9)14(2,3)15/h5-6,8H,4,7H2,1-3H3,(H,16,17). The van der Waals surface area contributed by atoms with Crippen molar-refractivity contribution in [3.05, 3.63) is 23.3 Å². The van der Waals surface area contributed by atoms with Gasteiger partial charge in [-0.25, -0.2) is 4.39 Å². The maximum Gasteiger partial charge on any atom is 0.306 e. The number of aliphatic carboxylic acids is 1. The summed E-state index contributed by atoms with van der Waals surface area (Å²) in [7, 11) is 0. The van der Waals surface area contributed by atoms with Gasteiger partial charge >= 0.3 is 5.97 Å². The van der Waals surface area contributed by atoms with Gasteiger partial charge in [0.1, 0.15) is 5.67 Å². The highest BCUT2D eigenvalue weighted by molar-refractivity contribution is 5.70. The fourth-order valence-corrected chi connectivity index (χ4v) is 2.12. The number of carbonyl (C=O) groups is 1. The lowest BCUT2D eigenvalue weighted by Crippen LogP contribution is -2.17. The summed E-state index contributed by atoms with van der Waals surface area (Å²) in [5.74, 6) is -0.435. The Hall–Kier alpha value is -1.78. The third kappa shape index (κ3) is 2.80. The van der Waals surface area contributed by atoms with E-state index in [1.54, 1.807) is 19.1 Å². The number of carboxylic acid groups (broad SMARTS) is 1. The molecule has 1 N–H and O–H groups in total. The molecule has 0 saturated heterocycles. The zero-order valence-corrected chi connectivity index (χ0v) is 11.2. The number of fused-ring (bicyclic) bond motifs is 1. The molecule has 0 spiro atoms. The Balaban J connectivity index is 2.43. The summed E-state index contributed by atoms with van der Waals surface area (Å²) in [6, 6.07) is 3.28. The lowest BCUT2D eigenvalue weighted by atomic mass is 9.89. The molecule has 0 aromatic heterocycles. The Bertz CT molecular complexity index is 505. The van der Waals surface area contributed by atoms with Crippen LogP contribution in [0.2, 0.25) is 0 Å². The third-order valence-electron chi connectivity index (χ3n) is 3.19. The monoisotopic (exact) mass is 268 g/mol. The van der Waals surface area contributed by atoms with Crippen LogP contribution in [0.3, 0.4) is 0 Å². The van der Waals surface area contributed by atoms with Crippen molar-refractivity contribution >= 4 is 5.97 Å². The van der Waals surface area contributed by atoms with Gasteiger partial charge in [0.2, 0.25) is 6.79 Å². The highest BCUT2D eigenvalue weighted by Gasteiger charge is 2.28. The number of alkyl halides is 1. The van der Waals surface area contributed by atoms with Gasteiger partial charge in [0.15, 0.2) is 11.5 Å². The van der Waals surface area contributed by atoms with Crippen molar-refractivity contribution in [1.82, 2.24) is 0 Å². The first-order valence-corrected chi connectivity index (χ1v) is 6.13. The SMILES string of the molecule is CC(Cc1cc2c(cc1C(C)(C)F)OCO2)C(=O)O. The summed E-state index contributed by atoms with van der Waals surface area (Å²) in [5, 5.41) is 8.98. The molecular formula is C14H17FO4. The first-order valence-electron chi connectivity index (χ1n) is 6.13. The number of hydrogen-bond acceptors (Lipinski definition) is 3. The molecule has 4 nitrogen and oxygen atoms in total. The van der Waals surface area contributed by atoms with Gasteiger partial charge in [-0.1, -0.05) is 6.92 Å². The summed E-state index contributed by atoms with van der Waals surface area (Å²) < 4.78 is 24.8. The van der Waals surface area contributed by atoms with Gasteiger partial charge in [-0.3, -0.25) is 4.79 Å². The number of rotatable bonds is 4. The van der Waals surface area contributed by atoms with Gasteiger partial charge in [0.25, 0.3) is 0 Å². The van der Waals surface area contributed by atoms with Gasteiger partial charge in [-0.05, 0) is 43.5 Å². The molecule has 1 heterocycles. The van der Waals surface area contributed by atoms with E-state index in [0.29, 0.717) is 22.6 Å². The number of carboxylic acids is 1. The highest BCUT2D eigenvalue weighted by Crippen LogP contribution is 2.40. The largest absolute Gasteiger partial charge is 0.481 e. The molecule has 1 aromatic carbocycles. The minimum atomic E-state index is -1.56. The van der Waals surface area contributed by atoms with Crippen molar-refractivity contribution in [1.29, 1.82) is 0 Å². The van der Waals surface area contributed by atoms with Crippen molar-refractivity contribution in [3.8, 4) is 11.5 Å². The molecular weight excluding hydrogens is 251 g/mol. The molecule has 1 atom stereocenters. The summed E-state index contributed by atoms with van der Waals surface area (Å²) in [4.78, 5) is 10.9. The number of halogens is 1. The lowest BCUT2D eigenvalue weighted by molar-refractivity contribution is -0.141. The highest BCUT2D eigenvalue weighted by atomic mass is 19.1. The maximum absolute atomic E-state index is 14.3. The lowest BCUT2D eigenvalue weighted by Gasteiger charge is -2.21. The number of ether oxygens (including phenoxy) is 2. The summed E-state index contributed by atoms with van der Waals surface area (Å²) >= 11 is 0. The van der Waals surface area contributed by atoms with E-state index in [1.165, 1.54) is 13.8 Å². The van der Waals surface area contributed by atoms with E-state index in [2.05, 4.69) is 0 Å². The minimum absolute atomic E-state index is 0.111. The van der Waals surface area contributed by atoms with E-state index in [4.69, 9.17) is 14.6 Å². The molecule has 2 rings (SSSR count). The Morgan fingerprint density at radius 3 is 2.53 bits per heavy atom. The fraction of sp³-hybridized carbons (Fsp3) is 0.500. The predicted octanol–water partition coefficient (Wildman–Crippen LogP) is 2.88. The molecule has 0 fully saturated rings. The van der Waals surface area contributed by atoms with Gasteiger partial charge < -0.3 is 14.6 Å². The van der Waals surface area contributed by atoms with E-state index in [0.717, 1.165) is 0 Å². The second kappa shape index (κ2) is 4.72. The first kappa shape index (κ1) is 13.6. The van der Waals surface area contributed by atoms with Gasteiger partial charge in [0, 0.05) is 0 Å². The van der Waals surface area contributed by atoms with E-state index in [9.17, 15) is 9.18 Å². The zero-order valence-electron chi connectivity index (χ0n) is 11.2. The topological polar surface area (TPSA) is 55.8 Å². The van der Waals surface area contributed by atoms with Crippen LogP contribution < -0.4 is 9.47 Å². The number of benzene rings is 1. The van der Waals surface area contributed by atoms with E-state index < -0.39 is 17.6 Å². The van der Waals surface area contributed by atoms with Crippen molar-refractivity contribution in [2.75, 3.05) is 6.79 Å². The van der Waals surface area contributed by atoms with Crippen molar-refractivity contribution in [2.24, 2.45) is 5.92 Å². The summed E-state index contributed by atoms with van der Waals surface area (Å²) in [6.45, 7) is 4.60. The van der Waals surface area contributed by atoms with Crippen molar-refractivity contribution < 1.29 is 23.8 Å². The second-order valence-corrected chi connectivity index (χ2v) is 5.28. The van der Waals surface area contributed by atoms with Gasteiger partial charge in [-0.15, -0.1) is 0 Å². The molecule has 1 unspecified atom stereocenters. The van der Waals surface area contributed by atoms with Gasteiger partial charge in [0.05, 0.1) is 5.92 Å². The van der Waals surface area contributed by atoms with Crippen LogP contribution in [-0.2, 0) is 16.9 Å². The molecule has 5 heteroatoms. The third-order valence-corrected chi connectivity index (χ3v) is 3.19. The van der Waals surface area contributed by atoms with Crippen LogP contribution in [0.5, 0.6) is 11.5 Å². The molecule has 0 bridgehead atoms. The molecule has 0 amide bonds. The van der Waals surface area contributed by atoms with Gasteiger partial charge in [-0.2, -0.15) is 0 Å². The average molecular weight is 268 g/mol. The van der Waals surface area contributed by atoms with Crippen LogP contribution in [0.1, 0.15) is 31.9 Å². The predicted molar refractivity (Wildman–Crippen MR) is 67.2 cm³/mol. The minimum Gasteiger partial charge on any atom is -0.481 e. The molecule has 0 saturated carbocycles. The molecule has 0 aliphatic carbocycles. The van der Waals surface area contributed by atoms with Crippen LogP contribution >= 0.6 is 0 Å².